The lowest BCUT2D eigenvalue weighted by atomic mass is 10.0. The van der Waals surface area contributed by atoms with Crippen molar-refractivity contribution in [3.8, 4) is 0 Å². The fraction of sp³-hybridized carbons (Fsp3) is 0.588. The number of nitrogens with one attached hydrogen (secondary N) is 2. The normalized spacial score (nSPS) is 21.7. The Morgan fingerprint density at radius 3 is 2.67 bits per heavy atom. The largest absolute Gasteiger partial charge is 0.373 e. The molecule has 134 valence electrons. The molecule has 2 rings (SSSR count). The predicted octanol–water partition coefficient (Wildman–Crippen LogP) is 1.58. The molecule has 1 aromatic rings. The first-order chi connectivity index (χ1) is 11.5. The van der Waals surface area contributed by atoms with Crippen molar-refractivity contribution < 1.29 is 13.2 Å². The highest BCUT2D eigenvalue weighted by molar-refractivity contribution is 7.91. The SMILES string of the molecule is CCNC(=NCC1(C)CCCO1)NCCS(=O)(=O)c1ccccc1. The zero-order chi connectivity index (χ0) is 17.5. The number of hydrogen-bond acceptors (Lipinski definition) is 4. The number of hydrogen-bond donors (Lipinski definition) is 2. The highest BCUT2D eigenvalue weighted by atomic mass is 32.2. The van der Waals surface area contributed by atoms with Crippen molar-refractivity contribution in [3.05, 3.63) is 30.3 Å². The molecule has 1 atom stereocenters. The molecule has 1 aliphatic heterocycles. The van der Waals surface area contributed by atoms with E-state index in [2.05, 4.69) is 22.5 Å². The molecule has 1 unspecified atom stereocenters. The second-order valence-corrected chi connectivity index (χ2v) is 8.26. The lowest BCUT2D eigenvalue weighted by Crippen LogP contribution is -2.41. The van der Waals surface area contributed by atoms with E-state index in [1.807, 2.05) is 6.92 Å². The van der Waals surface area contributed by atoms with E-state index in [9.17, 15) is 8.42 Å². The van der Waals surface area contributed by atoms with Crippen molar-refractivity contribution in [1.29, 1.82) is 0 Å². The number of guanidine groups is 1. The van der Waals surface area contributed by atoms with Crippen LogP contribution in [0.5, 0.6) is 0 Å². The maximum Gasteiger partial charge on any atom is 0.191 e. The average molecular weight is 353 g/mol. The van der Waals surface area contributed by atoms with Gasteiger partial charge in [-0.05, 0) is 38.8 Å². The van der Waals surface area contributed by atoms with E-state index in [1.165, 1.54) is 0 Å². The molecule has 0 saturated carbocycles. The van der Waals surface area contributed by atoms with Crippen LogP contribution in [0.3, 0.4) is 0 Å². The predicted molar refractivity (Wildman–Crippen MR) is 96.1 cm³/mol. The minimum absolute atomic E-state index is 0.0230. The second-order valence-electron chi connectivity index (χ2n) is 6.16. The van der Waals surface area contributed by atoms with Crippen LogP contribution < -0.4 is 10.6 Å². The van der Waals surface area contributed by atoms with Gasteiger partial charge in [-0.25, -0.2) is 8.42 Å². The number of rotatable bonds is 7. The maximum atomic E-state index is 12.3. The Morgan fingerprint density at radius 2 is 2.04 bits per heavy atom. The topological polar surface area (TPSA) is 79.8 Å². The van der Waals surface area contributed by atoms with Gasteiger partial charge in [0.15, 0.2) is 15.8 Å². The molecule has 1 aromatic carbocycles. The zero-order valence-corrected chi connectivity index (χ0v) is 15.2. The molecule has 1 fully saturated rings. The lowest BCUT2D eigenvalue weighted by molar-refractivity contribution is 0.0283. The summed E-state index contributed by atoms with van der Waals surface area (Å²) in [5.74, 6) is 0.646. The highest BCUT2D eigenvalue weighted by Crippen LogP contribution is 2.24. The fourth-order valence-corrected chi connectivity index (χ4v) is 3.78. The van der Waals surface area contributed by atoms with Gasteiger partial charge in [0.2, 0.25) is 0 Å². The van der Waals surface area contributed by atoms with Crippen LogP contribution in [0, 0.1) is 0 Å². The molecule has 0 amide bonds. The van der Waals surface area contributed by atoms with E-state index >= 15 is 0 Å². The van der Waals surface area contributed by atoms with Gasteiger partial charge in [0, 0.05) is 19.7 Å². The zero-order valence-electron chi connectivity index (χ0n) is 14.4. The van der Waals surface area contributed by atoms with Gasteiger partial charge in [0.05, 0.1) is 22.8 Å². The summed E-state index contributed by atoms with van der Waals surface area (Å²) in [5, 5.41) is 6.23. The van der Waals surface area contributed by atoms with Crippen molar-refractivity contribution >= 4 is 15.8 Å². The molecule has 7 heteroatoms. The van der Waals surface area contributed by atoms with E-state index in [4.69, 9.17) is 4.74 Å². The van der Waals surface area contributed by atoms with E-state index in [0.29, 0.717) is 23.9 Å². The van der Waals surface area contributed by atoms with Crippen LogP contribution >= 0.6 is 0 Å². The first-order valence-electron chi connectivity index (χ1n) is 8.39. The fourth-order valence-electron chi connectivity index (χ4n) is 2.60. The Kier molecular flexibility index (Phi) is 6.62. The summed E-state index contributed by atoms with van der Waals surface area (Å²) in [7, 11) is -3.28. The van der Waals surface area contributed by atoms with E-state index in [0.717, 1.165) is 26.0 Å². The van der Waals surface area contributed by atoms with Crippen molar-refractivity contribution in [2.75, 3.05) is 32.0 Å². The molecule has 0 aromatic heterocycles. The molecule has 1 saturated heterocycles. The standard InChI is InChI=1S/C17H27N3O3S/c1-3-18-16(20-14-17(2)10-7-12-23-17)19-11-13-24(21,22)15-8-5-4-6-9-15/h4-6,8-9H,3,7,10-14H2,1-2H3,(H2,18,19,20). The minimum Gasteiger partial charge on any atom is -0.373 e. The van der Waals surface area contributed by atoms with E-state index < -0.39 is 9.84 Å². The highest BCUT2D eigenvalue weighted by Gasteiger charge is 2.29. The van der Waals surface area contributed by atoms with Crippen LogP contribution in [0.4, 0.5) is 0 Å². The first kappa shape index (κ1) is 18.7. The number of benzene rings is 1. The molecular weight excluding hydrogens is 326 g/mol. The molecule has 0 radical (unpaired) electrons. The Labute approximate surface area is 144 Å². The summed E-state index contributed by atoms with van der Waals surface area (Å²) in [6, 6.07) is 8.50. The number of ether oxygens (including phenoxy) is 1. The van der Waals surface area contributed by atoms with Gasteiger partial charge >= 0.3 is 0 Å². The number of nitrogens with zero attached hydrogens (tertiary/aromatic N) is 1. The summed E-state index contributed by atoms with van der Waals surface area (Å²) < 4.78 is 30.3. The third kappa shape index (κ3) is 5.49. The number of sulfone groups is 1. The van der Waals surface area contributed by atoms with E-state index in [-0.39, 0.29) is 11.4 Å². The van der Waals surface area contributed by atoms with Crippen molar-refractivity contribution in [2.24, 2.45) is 4.99 Å². The summed E-state index contributed by atoms with van der Waals surface area (Å²) >= 11 is 0. The third-order valence-corrected chi connectivity index (χ3v) is 5.71. The van der Waals surface area contributed by atoms with Gasteiger partial charge in [-0.3, -0.25) is 4.99 Å². The first-order valence-corrected chi connectivity index (χ1v) is 10.0. The van der Waals surface area contributed by atoms with Gasteiger partial charge in [0.1, 0.15) is 0 Å². The van der Waals surface area contributed by atoms with Gasteiger partial charge in [0.25, 0.3) is 0 Å². The summed E-state index contributed by atoms with van der Waals surface area (Å²) in [6.07, 6.45) is 2.06. The van der Waals surface area contributed by atoms with E-state index in [1.54, 1.807) is 30.3 Å². The van der Waals surface area contributed by atoms with Crippen LogP contribution in [0.25, 0.3) is 0 Å². The molecule has 6 nitrogen and oxygen atoms in total. The Morgan fingerprint density at radius 1 is 1.29 bits per heavy atom. The molecule has 1 aliphatic rings. The monoisotopic (exact) mass is 353 g/mol. The van der Waals surface area contributed by atoms with Crippen molar-refractivity contribution in [1.82, 2.24) is 10.6 Å². The molecule has 0 spiro atoms. The molecule has 1 heterocycles. The Hall–Kier alpha value is -1.60. The van der Waals surface area contributed by atoms with Gasteiger partial charge in [-0.1, -0.05) is 18.2 Å². The van der Waals surface area contributed by atoms with Gasteiger partial charge < -0.3 is 15.4 Å². The maximum absolute atomic E-state index is 12.3. The minimum atomic E-state index is -3.28. The van der Waals surface area contributed by atoms with Gasteiger partial charge in [-0.15, -0.1) is 0 Å². The Bertz CT molecular complexity index is 638. The average Bonchev–Trinajstić information content (AvgIpc) is 3.00. The molecule has 2 N–H and O–H groups in total. The lowest BCUT2D eigenvalue weighted by Gasteiger charge is -2.21. The number of aliphatic imine (C=N–C) groups is 1. The molecule has 0 bridgehead atoms. The van der Waals surface area contributed by atoms with Crippen LogP contribution in [-0.4, -0.2) is 52.0 Å². The van der Waals surface area contributed by atoms with Crippen LogP contribution in [0.2, 0.25) is 0 Å². The molecule has 0 aliphatic carbocycles. The summed E-state index contributed by atoms with van der Waals surface area (Å²) in [4.78, 5) is 4.88. The molecular formula is C17H27N3O3S. The quantitative estimate of drug-likeness (QED) is 0.575. The van der Waals surface area contributed by atoms with Crippen LogP contribution in [0.15, 0.2) is 40.2 Å². The summed E-state index contributed by atoms with van der Waals surface area (Å²) in [6.45, 7) is 6.41. The van der Waals surface area contributed by atoms with Crippen LogP contribution in [0.1, 0.15) is 26.7 Å². The third-order valence-electron chi connectivity index (χ3n) is 3.98. The van der Waals surface area contributed by atoms with Crippen molar-refractivity contribution in [3.63, 3.8) is 0 Å². The van der Waals surface area contributed by atoms with Crippen LogP contribution in [-0.2, 0) is 14.6 Å². The van der Waals surface area contributed by atoms with Gasteiger partial charge in [-0.2, -0.15) is 0 Å². The molecule has 24 heavy (non-hydrogen) atoms. The Balaban J connectivity index is 1.89. The van der Waals surface area contributed by atoms with Crippen molar-refractivity contribution in [2.45, 2.75) is 37.2 Å². The smallest absolute Gasteiger partial charge is 0.191 e. The summed E-state index contributed by atoms with van der Waals surface area (Å²) in [5.41, 5.74) is -0.210. The second kappa shape index (κ2) is 8.48.